The van der Waals surface area contributed by atoms with Gasteiger partial charge in [0.2, 0.25) is 0 Å². The van der Waals surface area contributed by atoms with Gasteiger partial charge in [0.25, 0.3) is 0 Å². The average Bonchev–Trinajstić information content (AvgIpc) is 2.37. The smallest absolute Gasteiger partial charge is 0.147 e. The zero-order valence-corrected chi connectivity index (χ0v) is 13.7. The van der Waals surface area contributed by atoms with Crippen molar-refractivity contribution in [2.24, 2.45) is 0 Å². The highest BCUT2D eigenvalue weighted by atomic mass is 15.2. The van der Waals surface area contributed by atoms with Gasteiger partial charge in [0.1, 0.15) is 5.82 Å². The van der Waals surface area contributed by atoms with Gasteiger partial charge in [-0.05, 0) is 27.9 Å². The van der Waals surface area contributed by atoms with Crippen LogP contribution in [0.2, 0.25) is 0 Å². The zero-order chi connectivity index (χ0) is 15.1. The van der Waals surface area contributed by atoms with Crippen LogP contribution in [0.15, 0.2) is 12.4 Å². The Morgan fingerprint density at radius 2 is 1.85 bits per heavy atom. The standard InChI is InChI=1S/C15H29N5/c1-7-20(13(4)11-19(5)6)15-10-17-14(9-18-15)8-16-12(2)3/h9-10,12-13,16H,7-8,11H2,1-6H3. The van der Waals surface area contributed by atoms with Gasteiger partial charge in [-0.3, -0.25) is 4.98 Å². The van der Waals surface area contributed by atoms with Gasteiger partial charge < -0.3 is 15.1 Å². The van der Waals surface area contributed by atoms with Crippen molar-refractivity contribution in [2.75, 3.05) is 32.1 Å². The van der Waals surface area contributed by atoms with Crippen LogP contribution in [0.3, 0.4) is 0 Å². The van der Waals surface area contributed by atoms with Crippen LogP contribution in [0.4, 0.5) is 5.82 Å². The van der Waals surface area contributed by atoms with Crippen molar-refractivity contribution in [1.29, 1.82) is 0 Å². The van der Waals surface area contributed by atoms with Gasteiger partial charge in [-0.1, -0.05) is 13.8 Å². The summed E-state index contributed by atoms with van der Waals surface area (Å²) in [6.45, 7) is 11.3. The fourth-order valence-corrected chi connectivity index (χ4v) is 2.22. The van der Waals surface area contributed by atoms with E-state index in [1.54, 1.807) is 0 Å². The molecule has 1 aromatic heterocycles. The Bertz CT molecular complexity index is 374. The van der Waals surface area contributed by atoms with Crippen LogP contribution in [-0.2, 0) is 6.54 Å². The number of aromatic nitrogens is 2. The first-order valence-electron chi connectivity index (χ1n) is 7.39. The lowest BCUT2D eigenvalue weighted by molar-refractivity contribution is 0.372. The number of nitrogens with one attached hydrogen (secondary N) is 1. The maximum absolute atomic E-state index is 4.56. The maximum Gasteiger partial charge on any atom is 0.147 e. The van der Waals surface area contributed by atoms with Gasteiger partial charge in [0.05, 0.1) is 18.1 Å². The molecular weight excluding hydrogens is 250 g/mol. The molecule has 0 aliphatic rings. The number of nitrogens with zero attached hydrogens (tertiary/aromatic N) is 4. The van der Waals surface area contributed by atoms with E-state index < -0.39 is 0 Å². The molecule has 114 valence electrons. The van der Waals surface area contributed by atoms with Gasteiger partial charge in [-0.15, -0.1) is 0 Å². The third-order valence-corrected chi connectivity index (χ3v) is 3.18. The fourth-order valence-electron chi connectivity index (χ4n) is 2.22. The summed E-state index contributed by atoms with van der Waals surface area (Å²) >= 11 is 0. The second-order valence-corrected chi connectivity index (χ2v) is 5.80. The Morgan fingerprint density at radius 1 is 1.15 bits per heavy atom. The summed E-state index contributed by atoms with van der Waals surface area (Å²) < 4.78 is 0. The van der Waals surface area contributed by atoms with Gasteiger partial charge in [0.15, 0.2) is 0 Å². The van der Waals surface area contributed by atoms with E-state index in [4.69, 9.17) is 0 Å². The Hall–Kier alpha value is -1.20. The molecule has 1 N–H and O–H groups in total. The monoisotopic (exact) mass is 279 g/mol. The SMILES string of the molecule is CCN(c1cnc(CNC(C)C)cn1)C(C)CN(C)C. The molecule has 1 aromatic rings. The zero-order valence-electron chi connectivity index (χ0n) is 13.7. The molecule has 1 unspecified atom stereocenters. The van der Waals surface area contributed by atoms with E-state index in [0.717, 1.165) is 31.1 Å². The second-order valence-electron chi connectivity index (χ2n) is 5.80. The summed E-state index contributed by atoms with van der Waals surface area (Å²) in [5.41, 5.74) is 0.985. The van der Waals surface area contributed by atoms with Crippen molar-refractivity contribution in [2.45, 2.75) is 46.3 Å². The Balaban J connectivity index is 2.69. The summed E-state index contributed by atoms with van der Waals surface area (Å²) in [5, 5.41) is 3.35. The van der Waals surface area contributed by atoms with Crippen molar-refractivity contribution in [1.82, 2.24) is 20.2 Å². The Kier molecular flexibility index (Phi) is 6.88. The topological polar surface area (TPSA) is 44.3 Å². The minimum Gasteiger partial charge on any atom is -0.352 e. The van der Waals surface area contributed by atoms with E-state index in [-0.39, 0.29) is 0 Å². The first-order valence-corrected chi connectivity index (χ1v) is 7.39. The predicted octanol–water partition coefficient (Wildman–Crippen LogP) is 1.75. The van der Waals surface area contributed by atoms with E-state index in [9.17, 15) is 0 Å². The first-order chi connectivity index (χ1) is 9.43. The highest BCUT2D eigenvalue weighted by molar-refractivity contribution is 5.37. The van der Waals surface area contributed by atoms with Crippen LogP contribution in [0, 0.1) is 0 Å². The van der Waals surface area contributed by atoms with Crippen LogP contribution < -0.4 is 10.2 Å². The van der Waals surface area contributed by atoms with Crippen LogP contribution in [0.5, 0.6) is 0 Å². The van der Waals surface area contributed by atoms with Gasteiger partial charge in [-0.25, -0.2) is 4.98 Å². The molecule has 0 aliphatic carbocycles. The number of rotatable bonds is 8. The summed E-state index contributed by atoms with van der Waals surface area (Å²) in [5.74, 6) is 0.954. The molecule has 1 atom stereocenters. The Labute approximate surface area is 123 Å². The minimum atomic E-state index is 0.420. The maximum atomic E-state index is 4.56. The van der Waals surface area contributed by atoms with Gasteiger partial charge >= 0.3 is 0 Å². The Morgan fingerprint density at radius 3 is 2.30 bits per heavy atom. The number of hydrogen-bond acceptors (Lipinski definition) is 5. The molecule has 5 nitrogen and oxygen atoms in total. The number of hydrogen-bond donors (Lipinski definition) is 1. The number of likely N-dealkylation sites (N-methyl/N-ethyl adjacent to an activating group) is 2. The summed E-state index contributed by atoms with van der Waals surface area (Å²) in [4.78, 5) is 13.5. The van der Waals surface area contributed by atoms with E-state index in [1.807, 2.05) is 12.4 Å². The summed E-state index contributed by atoms with van der Waals surface area (Å²) in [6, 6.07) is 0.882. The lowest BCUT2D eigenvalue weighted by Gasteiger charge is -2.30. The van der Waals surface area contributed by atoms with Crippen LogP contribution in [-0.4, -0.2) is 54.1 Å². The molecule has 0 saturated heterocycles. The van der Waals surface area contributed by atoms with Crippen molar-refractivity contribution in [3.8, 4) is 0 Å². The molecule has 20 heavy (non-hydrogen) atoms. The molecule has 5 heteroatoms. The minimum absolute atomic E-state index is 0.420. The van der Waals surface area contributed by atoms with Gasteiger partial charge in [0, 0.05) is 31.7 Å². The van der Waals surface area contributed by atoms with Crippen molar-refractivity contribution in [3.05, 3.63) is 18.1 Å². The molecule has 0 aliphatic heterocycles. The van der Waals surface area contributed by atoms with Gasteiger partial charge in [-0.2, -0.15) is 0 Å². The molecule has 0 aromatic carbocycles. The first kappa shape index (κ1) is 16.9. The lowest BCUT2D eigenvalue weighted by Crippen LogP contribution is -2.40. The van der Waals surface area contributed by atoms with E-state index in [0.29, 0.717) is 12.1 Å². The van der Waals surface area contributed by atoms with Crippen molar-refractivity contribution in [3.63, 3.8) is 0 Å². The number of anilines is 1. The molecule has 0 bridgehead atoms. The highest BCUT2D eigenvalue weighted by Crippen LogP contribution is 2.13. The molecule has 0 fully saturated rings. The molecule has 0 spiro atoms. The van der Waals surface area contributed by atoms with Crippen LogP contribution in [0.25, 0.3) is 0 Å². The van der Waals surface area contributed by atoms with Crippen molar-refractivity contribution >= 4 is 5.82 Å². The van der Waals surface area contributed by atoms with E-state index in [1.165, 1.54) is 0 Å². The van der Waals surface area contributed by atoms with Crippen molar-refractivity contribution < 1.29 is 0 Å². The fraction of sp³-hybridized carbons (Fsp3) is 0.733. The molecule has 0 amide bonds. The third-order valence-electron chi connectivity index (χ3n) is 3.18. The van der Waals surface area contributed by atoms with E-state index >= 15 is 0 Å². The molecule has 1 heterocycles. The predicted molar refractivity (Wildman–Crippen MR) is 85.0 cm³/mol. The lowest BCUT2D eigenvalue weighted by atomic mass is 10.2. The average molecular weight is 279 g/mol. The third kappa shape index (κ3) is 5.43. The molecular formula is C15H29N5. The largest absolute Gasteiger partial charge is 0.352 e. The second kappa shape index (κ2) is 8.17. The summed E-state index contributed by atoms with van der Waals surface area (Å²) in [6.07, 6.45) is 3.75. The molecule has 1 rings (SSSR count). The highest BCUT2D eigenvalue weighted by Gasteiger charge is 2.15. The van der Waals surface area contributed by atoms with E-state index in [2.05, 4.69) is 66.9 Å². The van der Waals surface area contributed by atoms with Crippen LogP contribution in [0.1, 0.15) is 33.4 Å². The molecule has 0 saturated carbocycles. The summed E-state index contributed by atoms with van der Waals surface area (Å²) in [7, 11) is 4.19. The van der Waals surface area contributed by atoms with Crippen LogP contribution >= 0.6 is 0 Å². The normalized spacial score (nSPS) is 13.0. The molecule has 0 radical (unpaired) electrons. The quantitative estimate of drug-likeness (QED) is 0.785.